The molecule has 0 bridgehead atoms. The van der Waals surface area contributed by atoms with Gasteiger partial charge >= 0.3 is 0 Å². The Labute approximate surface area is 133 Å². The van der Waals surface area contributed by atoms with Crippen LogP contribution in [0.25, 0.3) is 0 Å². The minimum Gasteiger partial charge on any atom is -0.309 e. The van der Waals surface area contributed by atoms with E-state index in [-0.39, 0.29) is 6.54 Å². The Morgan fingerprint density at radius 3 is 2.18 bits per heavy atom. The molecule has 0 saturated heterocycles. The normalized spacial score (nSPS) is 25.2. The third-order valence-corrected chi connectivity index (χ3v) is 4.08. The van der Waals surface area contributed by atoms with Crippen molar-refractivity contribution in [2.75, 3.05) is 6.54 Å². The number of hydrogen-bond donors (Lipinski definition) is 1. The summed E-state index contributed by atoms with van der Waals surface area (Å²) >= 11 is 0. The van der Waals surface area contributed by atoms with Crippen molar-refractivity contribution in [1.29, 1.82) is 0 Å². The van der Waals surface area contributed by atoms with Gasteiger partial charge in [-0.3, -0.25) is 4.68 Å². The quantitative estimate of drug-likeness (QED) is 0.890. The zero-order valence-electron chi connectivity index (χ0n) is 14.5. The van der Waals surface area contributed by atoms with Crippen molar-refractivity contribution in [2.45, 2.75) is 72.4 Å². The number of aryl methyl sites for hydroxylation is 1. The van der Waals surface area contributed by atoms with E-state index >= 15 is 0 Å². The summed E-state index contributed by atoms with van der Waals surface area (Å²) in [6.07, 6.45) is 3.44. The molecule has 128 valence electrons. The van der Waals surface area contributed by atoms with Gasteiger partial charge in [0.05, 0.1) is 12.2 Å². The van der Waals surface area contributed by atoms with Crippen LogP contribution in [0.4, 0.5) is 8.78 Å². The Morgan fingerprint density at radius 2 is 1.82 bits per heavy atom. The van der Waals surface area contributed by atoms with Crippen molar-refractivity contribution < 1.29 is 8.78 Å². The predicted octanol–water partition coefficient (Wildman–Crippen LogP) is 4.44. The SMILES string of the molecule is CC.Cc1ccn(C(C)C)n1.FC(F)CNC1CC2CC2C1. The van der Waals surface area contributed by atoms with Crippen LogP contribution in [-0.2, 0) is 0 Å². The van der Waals surface area contributed by atoms with Gasteiger partial charge in [-0.1, -0.05) is 13.8 Å². The molecule has 2 aliphatic rings. The fourth-order valence-electron chi connectivity index (χ4n) is 2.86. The van der Waals surface area contributed by atoms with Crippen molar-refractivity contribution in [3.8, 4) is 0 Å². The minimum absolute atomic E-state index is 0.121. The van der Waals surface area contributed by atoms with Gasteiger partial charge in [-0.15, -0.1) is 0 Å². The zero-order chi connectivity index (χ0) is 16.7. The summed E-state index contributed by atoms with van der Waals surface area (Å²) < 4.78 is 25.4. The van der Waals surface area contributed by atoms with Crippen LogP contribution in [-0.4, -0.2) is 28.8 Å². The van der Waals surface area contributed by atoms with E-state index in [1.54, 1.807) is 0 Å². The molecule has 0 spiro atoms. The average Bonchev–Trinajstić information content (AvgIpc) is 2.89. The molecule has 22 heavy (non-hydrogen) atoms. The van der Waals surface area contributed by atoms with E-state index in [0.29, 0.717) is 12.1 Å². The number of nitrogens with one attached hydrogen (secondary N) is 1. The summed E-state index contributed by atoms with van der Waals surface area (Å²) in [7, 11) is 0. The van der Waals surface area contributed by atoms with Crippen LogP contribution in [0.2, 0.25) is 0 Å². The van der Waals surface area contributed by atoms with Crippen LogP contribution < -0.4 is 5.32 Å². The molecule has 1 N–H and O–H groups in total. The molecule has 2 aliphatic carbocycles. The lowest BCUT2D eigenvalue weighted by Gasteiger charge is -2.12. The van der Waals surface area contributed by atoms with E-state index in [4.69, 9.17) is 0 Å². The average molecular weight is 315 g/mol. The van der Waals surface area contributed by atoms with Gasteiger partial charge in [0.1, 0.15) is 0 Å². The summed E-state index contributed by atoms with van der Waals surface area (Å²) in [6, 6.07) is 2.89. The monoisotopic (exact) mass is 315 g/mol. The first-order chi connectivity index (χ1) is 10.5. The predicted molar refractivity (Wildman–Crippen MR) is 87.3 cm³/mol. The van der Waals surface area contributed by atoms with Crippen LogP contribution >= 0.6 is 0 Å². The molecule has 1 heterocycles. The molecule has 1 aromatic rings. The molecule has 0 aromatic carbocycles. The minimum atomic E-state index is -2.19. The topological polar surface area (TPSA) is 29.9 Å². The van der Waals surface area contributed by atoms with Crippen LogP contribution in [0.1, 0.15) is 58.7 Å². The number of nitrogens with zero attached hydrogens (tertiary/aromatic N) is 2. The Bertz CT molecular complexity index is 408. The van der Waals surface area contributed by atoms with Crippen LogP contribution in [0.5, 0.6) is 0 Å². The number of aromatic nitrogens is 2. The summed E-state index contributed by atoms with van der Waals surface area (Å²) in [4.78, 5) is 0. The van der Waals surface area contributed by atoms with Crippen LogP contribution in [0.15, 0.2) is 12.3 Å². The maximum Gasteiger partial charge on any atom is 0.250 e. The number of fused-ring (bicyclic) bond motifs is 1. The van der Waals surface area contributed by atoms with E-state index in [9.17, 15) is 8.78 Å². The molecular weight excluding hydrogens is 284 g/mol. The largest absolute Gasteiger partial charge is 0.309 e. The summed E-state index contributed by atoms with van der Waals surface area (Å²) in [5.74, 6) is 1.76. The van der Waals surface area contributed by atoms with E-state index < -0.39 is 6.43 Å². The molecule has 5 heteroatoms. The summed E-state index contributed by atoms with van der Waals surface area (Å²) in [5.41, 5.74) is 1.09. The lowest BCUT2D eigenvalue weighted by molar-refractivity contribution is 0.140. The maximum absolute atomic E-state index is 11.7. The van der Waals surface area contributed by atoms with Gasteiger partial charge < -0.3 is 5.32 Å². The number of halogens is 2. The second-order valence-corrected chi connectivity index (χ2v) is 6.25. The highest BCUT2D eigenvalue weighted by atomic mass is 19.3. The second-order valence-electron chi connectivity index (χ2n) is 6.25. The van der Waals surface area contributed by atoms with Crippen molar-refractivity contribution in [3.05, 3.63) is 18.0 Å². The fraction of sp³-hybridized carbons (Fsp3) is 0.824. The van der Waals surface area contributed by atoms with Gasteiger partial charge in [0.25, 0.3) is 6.43 Å². The van der Waals surface area contributed by atoms with E-state index in [0.717, 1.165) is 30.4 Å². The second kappa shape index (κ2) is 9.23. The number of hydrogen-bond acceptors (Lipinski definition) is 2. The van der Waals surface area contributed by atoms with E-state index in [1.165, 1.54) is 6.42 Å². The van der Waals surface area contributed by atoms with Crippen LogP contribution in [0, 0.1) is 18.8 Å². The van der Waals surface area contributed by atoms with Gasteiger partial charge in [0, 0.05) is 18.3 Å². The molecule has 2 saturated carbocycles. The molecule has 0 aliphatic heterocycles. The molecule has 0 amide bonds. The van der Waals surface area contributed by atoms with Gasteiger partial charge in [0.15, 0.2) is 0 Å². The highest BCUT2D eigenvalue weighted by Crippen LogP contribution is 2.51. The Kier molecular flexibility index (Phi) is 8.01. The highest BCUT2D eigenvalue weighted by Gasteiger charge is 2.45. The van der Waals surface area contributed by atoms with Crippen molar-refractivity contribution in [3.63, 3.8) is 0 Å². The Hall–Kier alpha value is -0.970. The maximum atomic E-state index is 11.7. The third kappa shape index (κ3) is 6.42. The Balaban J connectivity index is 0.000000202. The first kappa shape index (κ1) is 19.1. The van der Waals surface area contributed by atoms with Gasteiger partial charge in [-0.05, 0) is 57.9 Å². The first-order valence-corrected chi connectivity index (χ1v) is 8.49. The van der Waals surface area contributed by atoms with Crippen molar-refractivity contribution in [1.82, 2.24) is 15.1 Å². The summed E-state index contributed by atoms with van der Waals surface area (Å²) in [5, 5.41) is 7.12. The highest BCUT2D eigenvalue weighted by molar-refractivity contribution is 4.98. The third-order valence-electron chi connectivity index (χ3n) is 4.08. The van der Waals surface area contributed by atoms with Crippen molar-refractivity contribution >= 4 is 0 Å². The lowest BCUT2D eigenvalue weighted by atomic mass is 10.1. The standard InChI is InChI=1S/C8H13F2N.C7H12N2.C2H6/c9-8(10)4-11-7-2-5-1-6(5)3-7;1-6(2)9-5-4-7(3)8-9;1-2/h5-8,11H,1-4H2;4-6H,1-3H3;1-2H3. The molecular formula is C17H31F2N3. The smallest absolute Gasteiger partial charge is 0.250 e. The Morgan fingerprint density at radius 1 is 1.23 bits per heavy atom. The molecule has 1 aromatic heterocycles. The van der Waals surface area contributed by atoms with Crippen LogP contribution in [0.3, 0.4) is 0 Å². The molecule has 0 radical (unpaired) electrons. The first-order valence-electron chi connectivity index (χ1n) is 8.49. The zero-order valence-corrected chi connectivity index (χ0v) is 14.5. The molecule has 2 fully saturated rings. The molecule has 2 atom stereocenters. The van der Waals surface area contributed by atoms with Gasteiger partial charge in [-0.2, -0.15) is 5.10 Å². The molecule has 2 unspecified atom stereocenters. The molecule has 3 nitrogen and oxygen atoms in total. The fourth-order valence-corrected chi connectivity index (χ4v) is 2.86. The van der Waals surface area contributed by atoms with E-state index in [1.807, 2.05) is 37.7 Å². The molecule has 3 rings (SSSR count). The number of rotatable bonds is 4. The van der Waals surface area contributed by atoms with E-state index in [2.05, 4.69) is 24.3 Å². The van der Waals surface area contributed by atoms with Gasteiger partial charge in [-0.25, -0.2) is 8.78 Å². The lowest BCUT2D eigenvalue weighted by Crippen LogP contribution is -2.31. The summed E-state index contributed by atoms with van der Waals surface area (Å²) in [6.45, 7) is 10.1. The van der Waals surface area contributed by atoms with Crippen molar-refractivity contribution in [2.24, 2.45) is 11.8 Å². The number of alkyl halides is 2. The van der Waals surface area contributed by atoms with Gasteiger partial charge in [0.2, 0.25) is 0 Å².